The van der Waals surface area contributed by atoms with Gasteiger partial charge in [0.1, 0.15) is 0 Å². The largest absolute Gasteiger partial charge is 0.354 e. The van der Waals surface area contributed by atoms with Gasteiger partial charge < -0.3 is 15.1 Å². The van der Waals surface area contributed by atoms with Crippen molar-refractivity contribution in [2.45, 2.75) is 38.0 Å². The van der Waals surface area contributed by atoms with Gasteiger partial charge in [-0.25, -0.2) is 8.42 Å². The zero-order valence-electron chi connectivity index (χ0n) is 17.5. The van der Waals surface area contributed by atoms with Crippen LogP contribution >= 0.6 is 0 Å². The summed E-state index contributed by atoms with van der Waals surface area (Å²) in [5, 5.41) is 3.45. The second kappa shape index (κ2) is 8.61. The Labute approximate surface area is 164 Å². The van der Waals surface area contributed by atoms with Gasteiger partial charge in [-0.2, -0.15) is 0 Å². The highest BCUT2D eigenvalue weighted by molar-refractivity contribution is 7.92. The topological polar surface area (TPSA) is 65.0 Å². The maximum absolute atomic E-state index is 12.3. The van der Waals surface area contributed by atoms with E-state index in [1.54, 1.807) is 20.9 Å². The van der Waals surface area contributed by atoms with Gasteiger partial charge in [-0.15, -0.1) is 0 Å². The van der Waals surface area contributed by atoms with Crippen molar-refractivity contribution in [3.63, 3.8) is 0 Å². The van der Waals surface area contributed by atoms with Gasteiger partial charge in [0, 0.05) is 26.7 Å². The molecule has 1 atom stereocenters. The Morgan fingerprint density at radius 2 is 1.93 bits per heavy atom. The first-order valence-electron chi connectivity index (χ1n) is 9.54. The highest BCUT2D eigenvalue weighted by Gasteiger charge is 2.41. The number of guanidine groups is 1. The fraction of sp³-hybridized carbons (Fsp3) is 0.650. The molecule has 1 N–H and O–H groups in total. The van der Waals surface area contributed by atoms with Gasteiger partial charge in [0.25, 0.3) is 0 Å². The van der Waals surface area contributed by atoms with Crippen molar-refractivity contribution in [3.8, 4) is 0 Å². The molecule has 1 aromatic rings. The van der Waals surface area contributed by atoms with Crippen LogP contribution in [-0.2, 0) is 16.3 Å². The first-order chi connectivity index (χ1) is 12.6. The molecule has 2 rings (SSSR count). The molecule has 0 aliphatic carbocycles. The number of aliphatic imine (C=N–C) groups is 1. The van der Waals surface area contributed by atoms with Gasteiger partial charge >= 0.3 is 0 Å². The first-order valence-corrected chi connectivity index (χ1v) is 11.2. The number of likely N-dealkylation sites (N-methyl/N-ethyl adjacent to an activating group) is 1. The van der Waals surface area contributed by atoms with Gasteiger partial charge in [0.2, 0.25) is 0 Å². The van der Waals surface area contributed by atoms with Crippen molar-refractivity contribution in [1.29, 1.82) is 0 Å². The molecule has 7 heteroatoms. The maximum atomic E-state index is 12.3. The molecule has 27 heavy (non-hydrogen) atoms. The van der Waals surface area contributed by atoms with Crippen LogP contribution in [0.4, 0.5) is 0 Å². The normalized spacial score (nSPS) is 20.6. The summed E-state index contributed by atoms with van der Waals surface area (Å²) in [6, 6.07) is 8.93. The lowest BCUT2D eigenvalue weighted by Crippen LogP contribution is -2.57. The molecular weight excluding hydrogens is 360 g/mol. The van der Waals surface area contributed by atoms with E-state index in [1.807, 2.05) is 4.90 Å². The van der Waals surface area contributed by atoms with E-state index < -0.39 is 14.6 Å². The summed E-state index contributed by atoms with van der Waals surface area (Å²) in [6.45, 7) is 7.37. The van der Waals surface area contributed by atoms with Crippen LogP contribution in [0.5, 0.6) is 0 Å². The summed E-state index contributed by atoms with van der Waals surface area (Å²) in [7, 11) is 2.82. The second-order valence-electron chi connectivity index (χ2n) is 8.00. The molecule has 0 amide bonds. The number of nitrogens with zero attached hydrogens (tertiary/aromatic N) is 3. The van der Waals surface area contributed by atoms with Gasteiger partial charge in [0.05, 0.1) is 16.5 Å². The molecule has 1 saturated heterocycles. The molecule has 6 nitrogen and oxygen atoms in total. The molecule has 0 aromatic heterocycles. The number of sulfone groups is 1. The number of aryl methyl sites for hydroxylation is 1. The number of rotatable bonds is 5. The minimum atomic E-state index is -3.06. The summed E-state index contributed by atoms with van der Waals surface area (Å²) in [6.07, 6.45) is 1.03. The van der Waals surface area contributed by atoms with Crippen LogP contribution in [0.25, 0.3) is 0 Å². The van der Waals surface area contributed by atoms with Crippen molar-refractivity contribution in [2.24, 2.45) is 4.99 Å². The van der Waals surface area contributed by atoms with Gasteiger partial charge in [-0.1, -0.05) is 31.2 Å². The van der Waals surface area contributed by atoms with E-state index >= 15 is 0 Å². The molecule has 1 aliphatic rings. The Bertz CT molecular complexity index is 755. The Hall–Kier alpha value is -1.60. The summed E-state index contributed by atoms with van der Waals surface area (Å²) in [4.78, 5) is 8.63. The molecule has 0 saturated carbocycles. The van der Waals surface area contributed by atoms with Crippen molar-refractivity contribution in [2.75, 3.05) is 46.5 Å². The van der Waals surface area contributed by atoms with Crippen LogP contribution in [0.1, 0.15) is 37.9 Å². The lowest BCUT2D eigenvalue weighted by atomic mass is 10.0. The van der Waals surface area contributed by atoms with E-state index in [0.29, 0.717) is 19.6 Å². The van der Waals surface area contributed by atoms with Crippen LogP contribution in [0, 0.1) is 0 Å². The average Bonchev–Trinajstić information content (AvgIpc) is 2.61. The fourth-order valence-electron chi connectivity index (χ4n) is 3.42. The van der Waals surface area contributed by atoms with Crippen LogP contribution in [-0.4, -0.2) is 75.5 Å². The summed E-state index contributed by atoms with van der Waals surface area (Å²) in [5.41, 5.74) is 2.58. The molecular formula is C20H34N4O2S. The third kappa shape index (κ3) is 5.02. The third-order valence-corrected chi connectivity index (χ3v) is 7.94. The Morgan fingerprint density at radius 1 is 1.30 bits per heavy atom. The first kappa shape index (κ1) is 21.7. The third-order valence-electron chi connectivity index (χ3n) is 5.40. The molecule has 1 aromatic carbocycles. The van der Waals surface area contributed by atoms with Gasteiger partial charge in [-0.3, -0.25) is 4.99 Å². The Kier molecular flexibility index (Phi) is 6.92. The van der Waals surface area contributed by atoms with Crippen LogP contribution in [0.15, 0.2) is 29.3 Å². The van der Waals surface area contributed by atoms with E-state index in [4.69, 9.17) is 0 Å². The number of nitrogens with one attached hydrogen (secondary N) is 1. The smallest absolute Gasteiger partial charge is 0.193 e. The zero-order valence-corrected chi connectivity index (χ0v) is 18.3. The summed E-state index contributed by atoms with van der Waals surface area (Å²) in [5.74, 6) is 0.922. The maximum Gasteiger partial charge on any atom is 0.193 e. The van der Waals surface area contributed by atoms with Crippen molar-refractivity contribution < 1.29 is 8.42 Å². The molecule has 152 valence electrons. The quantitative estimate of drug-likeness (QED) is 0.611. The molecule has 0 radical (unpaired) electrons. The van der Waals surface area contributed by atoms with E-state index in [-0.39, 0.29) is 11.8 Å². The van der Waals surface area contributed by atoms with Crippen molar-refractivity contribution in [3.05, 3.63) is 35.4 Å². The van der Waals surface area contributed by atoms with E-state index in [9.17, 15) is 8.42 Å². The molecule has 1 aliphatic heterocycles. The number of hydrogen-bond acceptors (Lipinski definition) is 4. The molecule has 1 unspecified atom stereocenters. The van der Waals surface area contributed by atoms with E-state index in [2.05, 4.69) is 60.5 Å². The van der Waals surface area contributed by atoms with E-state index in [0.717, 1.165) is 12.4 Å². The zero-order chi connectivity index (χ0) is 20.2. The summed E-state index contributed by atoms with van der Waals surface area (Å²) >= 11 is 0. The predicted octanol–water partition coefficient (Wildman–Crippen LogP) is 1.94. The SMILES string of the molecule is CCc1ccc(C(CNC(=NC)N2CCS(=O)(=O)C(C)(C)C2)N(C)C)cc1. The molecule has 1 fully saturated rings. The highest BCUT2D eigenvalue weighted by atomic mass is 32.2. The van der Waals surface area contributed by atoms with Crippen LogP contribution < -0.4 is 5.32 Å². The number of benzene rings is 1. The van der Waals surface area contributed by atoms with Crippen LogP contribution in [0.2, 0.25) is 0 Å². The second-order valence-corrected chi connectivity index (χ2v) is 10.7. The van der Waals surface area contributed by atoms with Crippen molar-refractivity contribution in [1.82, 2.24) is 15.1 Å². The Balaban J connectivity index is 2.08. The average molecular weight is 395 g/mol. The van der Waals surface area contributed by atoms with Gasteiger partial charge in [-0.05, 0) is 45.5 Å². The van der Waals surface area contributed by atoms with Crippen molar-refractivity contribution >= 4 is 15.8 Å². The fourth-order valence-corrected chi connectivity index (χ4v) is 4.78. The van der Waals surface area contributed by atoms with E-state index in [1.165, 1.54) is 11.1 Å². The Morgan fingerprint density at radius 3 is 2.41 bits per heavy atom. The molecule has 1 heterocycles. The lowest BCUT2D eigenvalue weighted by molar-refractivity contribution is 0.291. The number of hydrogen-bond donors (Lipinski definition) is 1. The highest BCUT2D eigenvalue weighted by Crippen LogP contribution is 2.24. The van der Waals surface area contributed by atoms with Gasteiger partial charge in [0.15, 0.2) is 15.8 Å². The molecule has 0 bridgehead atoms. The summed E-state index contributed by atoms with van der Waals surface area (Å²) < 4.78 is 23.8. The lowest BCUT2D eigenvalue weighted by Gasteiger charge is -2.39. The molecule has 0 spiro atoms. The minimum Gasteiger partial charge on any atom is -0.354 e. The van der Waals surface area contributed by atoms with Crippen LogP contribution in [0.3, 0.4) is 0 Å². The standard InChI is InChI=1S/C20H34N4O2S/c1-7-16-8-10-17(11-9-16)18(23(5)6)14-22-19(21-4)24-12-13-27(25,26)20(2,3)15-24/h8-11,18H,7,12-15H2,1-6H3,(H,21,22). The monoisotopic (exact) mass is 394 g/mol. The minimum absolute atomic E-state index is 0.163. The predicted molar refractivity (Wildman–Crippen MR) is 113 cm³/mol.